The molecule has 0 spiro atoms. The van der Waals surface area contributed by atoms with Gasteiger partial charge in [-0.05, 0) is 16.9 Å². The number of nitrogen functional groups attached to an aromatic ring is 1. The van der Waals surface area contributed by atoms with Gasteiger partial charge < -0.3 is 5.73 Å². The zero-order chi connectivity index (χ0) is 11.4. The predicted molar refractivity (Wildman–Crippen MR) is 68.9 cm³/mol. The maximum atomic E-state index is 7.29. The SMILES string of the molecule is CC(C)SCc1ccc(C(=N)N)cc1Cl. The summed E-state index contributed by atoms with van der Waals surface area (Å²) in [5.74, 6) is 0.953. The van der Waals surface area contributed by atoms with Crippen molar-refractivity contribution in [1.29, 1.82) is 5.41 Å². The molecule has 0 fully saturated rings. The van der Waals surface area contributed by atoms with Crippen LogP contribution in [-0.2, 0) is 5.75 Å². The standard InChI is InChI=1S/C11H15ClN2S/c1-7(2)15-6-9-4-3-8(11(13)14)5-10(9)12/h3-5,7H,6H2,1-2H3,(H3,13,14). The maximum absolute atomic E-state index is 7.29. The lowest BCUT2D eigenvalue weighted by atomic mass is 10.1. The predicted octanol–water partition coefficient (Wildman–Crippen LogP) is 3.27. The molecule has 0 atom stereocenters. The van der Waals surface area contributed by atoms with Crippen LogP contribution < -0.4 is 5.73 Å². The molecule has 0 heterocycles. The molecule has 0 aromatic heterocycles. The van der Waals surface area contributed by atoms with Gasteiger partial charge in [-0.2, -0.15) is 11.8 Å². The van der Waals surface area contributed by atoms with Crippen molar-refractivity contribution in [3.63, 3.8) is 0 Å². The van der Waals surface area contributed by atoms with E-state index in [1.165, 1.54) is 0 Å². The summed E-state index contributed by atoms with van der Waals surface area (Å²) in [6.07, 6.45) is 0. The van der Waals surface area contributed by atoms with E-state index in [0.717, 1.165) is 11.3 Å². The second-order valence-electron chi connectivity index (χ2n) is 3.58. The molecule has 0 aliphatic heterocycles. The fourth-order valence-corrected chi connectivity index (χ4v) is 2.18. The number of hydrogen-bond donors (Lipinski definition) is 2. The molecule has 0 amide bonds. The van der Waals surface area contributed by atoms with Crippen LogP contribution in [0.4, 0.5) is 0 Å². The highest BCUT2D eigenvalue weighted by molar-refractivity contribution is 7.99. The van der Waals surface area contributed by atoms with Gasteiger partial charge in [-0.3, -0.25) is 5.41 Å². The highest BCUT2D eigenvalue weighted by atomic mass is 35.5. The second-order valence-corrected chi connectivity index (χ2v) is 5.55. The summed E-state index contributed by atoms with van der Waals surface area (Å²) in [5.41, 5.74) is 7.15. The van der Waals surface area contributed by atoms with Crippen LogP contribution in [-0.4, -0.2) is 11.1 Å². The minimum Gasteiger partial charge on any atom is -0.384 e. The van der Waals surface area contributed by atoms with E-state index in [1.807, 2.05) is 23.9 Å². The van der Waals surface area contributed by atoms with Gasteiger partial charge in [0.1, 0.15) is 5.84 Å². The van der Waals surface area contributed by atoms with Gasteiger partial charge >= 0.3 is 0 Å². The first kappa shape index (κ1) is 12.4. The molecule has 2 nitrogen and oxygen atoms in total. The lowest BCUT2D eigenvalue weighted by Gasteiger charge is -2.08. The van der Waals surface area contributed by atoms with Crippen molar-refractivity contribution >= 4 is 29.2 Å². The number of nitrogens with one attached hydrogen (secondary N) is 1. The monoisotopic (exact) mass is 242 g/mol. The Morgan fingerprint density at radius 1 is 1.53 bits per heavy atom. The van der Waals surface area contributed by atoms with Crippen molar-refractivity contribution in [3.8, 4) is 0 Å². The minimum atomic E-state index is 0.0555. The van der Waals surface area contributed by atoms with Crippen LogP contribution in [0.1, 0.15) is 25.0 Å². The van der Waals surface area contributed by atoms with Crippen molar-refractivity contribution in [2.75, 3.05) is 0 Å². The van der Waals surface area contributed by atoms with E-state index in [0.29, 0.717) is 15.8 Å². The molecule has 0 unspecified atom stereocenters. The Balaban J connectivity index is 2.79. The van der Waals surface area contributed by atoms with Gasteiger partial charge in [-0.15, -0.1) is 0 Å². The largest absolute Gasteiger partial charge is 0.384 e. The first-order valence-electron chi connectivity index (χ1n) is 4.75. The average molecular weight is 243 g/mol. The minimum absolute atomic E-state index is 0.0555. The first-order valence-corrected chi connectivity index (χ1v) is 6.18. The molecule has 0 saturated heterocycles. The van der Waals surface area contributed by atoms with Gasteiger partial charge in [-0.1, -0.05) is 37.6 Å². The number of benzene rings is 1. The summed E-state index contributed by atoms with van der Waals surface area (Å²) < 4.78 is 0. The molecule has 4 heteroatoms. The number of halogens is 1. The normalized spacial score (nSPS) is 10.7. The third-order valence-electron chi connectivity index (χ3n) is 1.94. The van der Waals surface area contributed by atoms with Gasteiger partial charge in [-0.25, -0.2) is 0 Å². The molecule has 0 bridgehead atoms. The second kappa shape index (κ2) is 5.42. The van der Waals surface area contributed by atoms with Gasteiger partial charge in [0, 0.05) is 16.3 Å². The van der Waals surface area contributed by atoms with Crippen molar-refractivity contribution < 1.29 is 0 Å². The molecule has 3 N–H and O–H groups in total. The molecule has 15 heavy (non-hydrogen) atoms. The van der Waals surface area contributed by atoms with E-state index in [4.69, 9.17) is 22.7 Å². The third-order valence-corrected chi connectivity index (χ3v) is 3.43. The Labute approximate surface area is 99.7 Å². The van der Waals surface area contributed by atoms with E-state index in [9.17, 15) is 0 Å². The number of amidine groups is 1. The lowest BCUT2D eigenvalue weighted by Crippen LogP contribution is -2.10. The summed E-state index contributed by atoms with van der Waals surface area (Å²) in [4.78, 5) is 0. The topological polar surface area (TPSA) is 49.9 Å². The summed E-state index contributed by atoms with van der Waals surface area (Å²) in [6.45, 7) is 4.31. The smallest absolute Gasteiger partial charge is 0.122 e. The summed E-state index contributed by atoms with van der Waals surface area (Å²) >= 11 is 7.93. The van der Waals surface area contributed by atoms with Crippen molar-refractivity contribution in [2.45, 2.75) is 24.9 Å². The Bertz CT molecular complexity index is 364. The highest BCUT2D eigenvalue weighted by Crippen LogP contribution is 2.24. The Morgan fingerprint density at radius 3 is 2.67 bits per heavy atom. The van der Waals surface area contributed by atoms with Crippen molar-refractivity contribution in [1.82, 2.24) is 0 Å². The molecule has 82 valence electrons. The van der Waals surface area contributed by atoms with Crippen LogP contribution in [0.2, 0.25) is 5.02 Å². The third kappa shape index (κ3) is 3.76. The van der Waals surface area contributed by atoms with E-state index < -0.39 is 0 Å². The molecule has 0 radical (unpaired) electrons. The van der Waals surface area contributed by atoms with Crippen molar-refractivity contribution in [3.05, 3.63) is 34.3 Å². The molecule has 0 saturated carbocycles. The average Bonchev–Trinajstić information content (AvgIpc) is 2.15. The van der Waals surface area contributed by atoms with E-state index in [1.54, 1.807) is 6.07 Å². The van der Waals surface area contributed by atoms with Crippen LogP contribution in [0.15, 0.2) is 18.2 Å². The zero-order valence-corrected chi connectivity index (χ0v) is 10.5. The van der Waals surface area contributed by atoms with E-state index >= 15 is 0 Å². The fourth-order valence-electron chi connectivity index (χ4n) is 1.09. The Hall–Kier alpha value is -0.670. The number of hydrogen-bond acceptors (Lipinski definition) is 2. The van der Waals surface area contributed by atoms with Gasteiger partial charge in [0.2, 0.25) is 0 Å². The zero-order valence-electron chi connectivity index (χ0n) is 8.88. The van der Waals surface area contributed by atoms with Crippen LogP contribution in [0.5, 0.6) is 0 Å². The molecule has 1 aromatic carbocycles. The van der Waals surface area contributed by atoms with E-state index in [-0.39, 0.29) is 5.84 Å². The number of thioether (sulfide) groups is 1. The fraction of sp³-hybridized carbons (Fsp3) is 0.364. The lowest BCUT2D eigenvalue weighted by molar-refractivity contribution is 1.11. The van der Waals surface area contributed by atoms with Crippen molar-refractivity contribution in [2.24, 2.45) is 5.73 Å². The molecular formula is C11H15ClN2S. The summed E-state index contributed by atoms with van der Waals surface area (Å²) in [6, 6.07) is 5.53. The van der Waals surface area contributed by atoms with Crippen LogP contribution >= 0.6 is 23.4 Å². The first-order chi connectivity index (χ1) is 7.00. The van der Waals surface area contributed by atoms with Gasteiger partial charge in [0.15, 0.2) is 0 Å². The van der Waals surface area contributed by atoms with Crippen LogP contribution in [0.25, 0.3) is 0 Å². The summed E-state index contributed by atoms with van der Waals surface area (Å²) in [5, 5.41) is 8.57. The van der Waals surface area contributed by atoms with E-state index in [2.05, 4.69) is 13.8 Å². The summed E-state index contributed by atoms with van der Waals surface area (Å²) in [7, 11) is 0. The molecular weight excluding hydrogens is 228 g/mol. The Kier molecular flexibility index (Phi) is 4.48. The maximum Gasteiger partial charge on any atom is 0.122 e. The van der Waals surface area contributed by atoms with Crippen LogP contribution in [0, 0.1) is 5.41 Å². The molecule has 1 rings (SSSR count). The molecule has 0 aliphatic rings. The van der Waals surface area contributed by atoms with Crippen LogP contribution in [0.3, 0.4) is 0 Å². The number of nitrogens with two attached hydrogens (primary N) is 1. The quantitative estimate of drug-likeness (QED) is 0.629. The molecule has 0 aliphatic carbocycles. The highest BCUT2D eigenvalue weighted by Gasteiger charge is 2.04. The van der Waals surface area contributed by atoms with Gasteiger partial charge in [0.05, 0.1) is 0 Å². The number of rotatable bonds is 4. The Morgan fingerprint density at radius 2 is 2.20 bits per heavy atom. The molecule has 1 aromatic rings. The van der Waals surface area contributed by atoms with Gasteiger partial charge in [0.25, 0.3) is 0 Å².